The highest BCUT2D eigenvalue weighted by Gasteiger charge is 2.43. The molecule has 0 saturated carbocycles. The van der Waals surface area contributed by atoms with Gasteiger partial charge >= 0.3 is 11.9 Å². The molecule has 2 aromatic carbocycles. The highest BCUT2D eigenvalue weighted by atomic mass is 35.5. The van der Waals surface area contributed by atoms with E-state index >= 15 is 0 Å². The van der Waals surface area contributed by atoms with Crippen LogP contribution in [0.2, 0.25) is 10.0 Å². The highest BCUT2D eigenvalue weighted by molar-refractivity contribution is 7.86. The van der Waals surface area contributed by atoms with Gasteiger partial charge in [-0.05, 0) is 115 Å². The van der Waals surface area contributed by atoms with Crippen LogP contribution < -0.4 is 4.90 Å². The lowest BCUT2D eigenvalue weighted by atomic mass is 9.62. The van der Waals surface area contributed by atoms with Crippen molar-refractivity contribution < 1.29 is 42.1 Å². The lowest BCUT2D eigenvalue weighted by Crippen LogP contribution is -2.43. The van der Waals surface area contributed by atoms with E-state index in [1.54, 1.807) is 6.07 Å². The Morgan fingerprint density at radius 2 is 1.61 bits per heavy atom. The fraction of sp³-hybridized carbons (Fsp3) is 0.432. The summed E-state index contributed by atoms with van der Waals surface area (Å²) in [5.74, 6) is -3.54. The molecule has 59 heavy (non-hydrogen) atoms. The predicted octanol–water partition coefficient (Wildman–Crippen LogP) is 8.95. The number of carbonyl (C=O) groups is 4. The Balaban J connectivity index is 1.46. The van der Waals surface area contributed by atoms with Gasteiger partial charge in [-0.25, -0.2) is 9.59 Å². The van der Waals surface area contributed by atoms with Crippen LogP contribution in [0.4, 0.5) is 5.69 Å². The minimum absolute atomic E-state index is 0.00727. The fourth-order valence-electron chi connectivity index (χ4n) is 8.27. The first-order chi connectivity index (χ1) is 27.7. The molecule has 2 aromatic rings. The van der Waals surface area contributed by atoms with Crippen LogP contribution >= 0.6 is 23.2 Å². The Bertz CT molecular complexity index is 2410. The Kier molecular flexibility index (Phi) is 12.6. The standard InChI is InChI=1S/C44H49Cl2N3O9S/c1-7-8-12-25-19-28-30(21-34(25)47-18-11-9-10-13-38(52)58-49-36(50)16-17-37(49)51)44(4,5)31-22-35-27(26(24-59(55,56)57)23-43(2,3)48(35)6)20-29(31)39(28)40-32(45)14-15-33(46)41(40)42(53)54/h14-15,19-23H,7-13,16-18,24H2,1-6H3,(H,53,54)(H,55,56,57). The maximum atomic E-state index is 13.0. The molecule has 2 N–H and O–H groups in total. The van der Waals surface area contributed by atoms with Gasteiger partial charge in [0.15, 0.2) is 0 Å². The van der Waals surface area contributed by atoms with E-state index in [2.05, 4.69) is 37.8 Å². The van der Waals surface area contributed by atoms with Crippen LogP contribution in [0.1, 0.15) is 125 Å². The molecule has 0 aromatic heterocycles. The van der Waals surface area contributed by atoms with E-state index < -0.39 is 50.6 Å². The number of unbranched alkanes of at least 4 members (excludes halogenated alkanes) is 3. The summed E-state index contributed by atoms with van der Waals surface area (Å²) in [4.78, 5) is 61.1. The number of amides is 2. The van der Waals surface area contributed by atoms with E-state index in [1.807, 2.05) is 39.1 Å². The SMILES string of the molecule is CCCCC1=CC2=C(c3c(Cl)ccc(Cl)c3C(=O)O)c3cc4c(cc3C(C)(C)C2=CC1=NCCCCCC(=O)ON1C(=O)CCC1=O)N(C)C(C)(C)C=C4CS(=O)(=O)O. The third kappa shape index (κ3) is 8.85. The van der Waals surface area contributed by atoms with Crippen molar-refractivity contribution in [3.63, 3.8) is 0 Å². The number of fused-ring (bicyclic) bond motifs is 3. The first-order valence-electron chi connectivity index (χ1n) is 19.8. The number of imide groups is 1. The number of halogens is 2. The van der Waals surface area contributed by atoms with Crippen molar-refractivity contribution in [3.8, 4) is 0 Å². The van der Waals surface area contributed by atoms with Gasteiger partial charge in [0, 0.05) is 60.1 Å². The molecule has 1 saturated heterocycles. The van der Waals surface area contributed by atoms with Crippen molar-refractivity contribution in [2.45, 2.75) is 103 Å². The molecule has 0 atom stereocenters. The van der Waals surface area contributed by atoms with Gasteiger partial charge in [0.25, 0.3) is 21.9 Å². The fourth-order valence-corrected chi connectivity index (χ4v) is 9.40. The van der Waals surface area contributed by atoms with E-state index in [-0.39, 0.29) is 40.4 Å². The van der Waals surface area contributed by atoms with Gasteiger partial charge in [0.05, 0.1) is 21.8 Å². The maximum Gasteiger partial charge on any atom is 0.337 e. The summed E-state index contributed by atoms with van der Waals surface area (Å²) in [6.45, 7) is 10.6. The van der Waals surface area contributed by atoms with Crippen molar-refractivity contribution in [2.24, 2.45) is 4.99 Å². The number of aliphatic imine (C=N–C) groups is 1. The van der Waals surface area contributed by atoms with Crippen molar-refractivity contribution in [1.29, 1.82) is 0 Å². The van der Waals surface area contributed by atoms with Crippen LogP contribution in [0, 0.1) is 0 Å². The number of carbonyl (C=O) groups excluding carboxylic acids is 3. The monoisotopic (exact) mass is 865 g/mol. The Morgan fingerprint density at radius 1 is 0.932 bits per heavy atom. The number of hydroxylamine groups is 2. The zero-order valence-electron chi connectivity index (χ0n) is 34.1. The number of hydrogen-bond donors (Lipinski definition) is 2. The zero-order valence-corrected chi connectivity index (χ0v) is 36.4. The van der Waals surface area contributed by atoms with Crippen molar-refractivity contribution >= 4 is 79.6 Å². The number of carboxylic acid groups (broad SMARTS) is 1. The maximum absolute atomic E-state index is 13.0. The van der Waals surface area contributed by atoms with Gasteiger partial charge in [-0.15, -0.1) is 5.06 Å². The molecule has 2 heterocycles. The highest BCUT2D eigenvalue weighted by Crippen LogP contribution is 2.55. The molecular formula is C44H49Cl2N3O9S. The summed E-state index contributed by atoms with van der Waals surface area (Å²) < 4.78 is 34.8. The topological polar surface area (TPSA) is 171 Å². The summed E-state index contributed by atoms with van der Waals surface area (Å²) >= 11 is 13.6. The number of allylic oxidation sites excluding steroid dienone is 5. The van der Waals surface area contributed by atoms with E-state index in [0.717, 1.165) is 46.5 Å². The lowest BCUT2D eigenvalue weighted by molar-refractivity contribution is -0.197. The van der Waals surface area contributed by atoms with Crippen molar-refractivity contribution in [3.05, 3.63) is 97.1 Å². The van der Waals surface area contributed by atoms with Crippen LogP contribution in [0.25, 0.3) is 11.1 Å². The first kappa shape index (κ1) is 44.0. The molecule has 0 unspecified atom stereocenters. The number of carboxylic acids is 1. The normalized spacial score (nSPS) is 18.9. The number of rotatable bonds is 14. The summed E-state index contributed by atoms with van der Waals surface area (Å²) in [6.07, 6.45) is 10.3. The number of hydrogen-bond acceptors (Lipinski definition) is 9. The molecule has 0 spiro atoms. The molecule has 1 fully saturated rings. The second-order valence-electron chi connectivity index (χ2n) is 16.5. The van der Waals surface area contributed by atoms with Crippen LogP contribution in [-0.4, -0.2) is 77.5 Å². The number of likely N-dealkylation sites (N-methyl/N-ethyl adjacent to an activating group) is 1. The Hall–Kier alpha value is -4.56. The quantitative estimate of drug-likeness (QED) is 0.106. The van der Waals surface area contributed by atoms with Gasteiger partial charge in [0.2, 0.25) is 0 Å². The summed E-state index contributed by atoms with van der Waals surface area (Å²) in [5.41, 5.74) is 5.91. The minimum atomic E-state index is -4.43. The van der Waals surface area contributed by atoms with Crippen molar-refractivity contribution in [1.82, 2.24) is 5.06 Å². The summed E-state index contributed by atoms with van der Waals surface area (Å²) in [5, 5.41) is 11.3. The smallest absolute Gasteiger partial charge is 0.337 e. The molecule has 2 aliphatic heterocycles. The van der Waals surface area contributed by atoms with E-state index in [0.29, 0.717) is 59.6 Å². The first-order valence-corrected chi connectivity index (χ1v) is 22.1. The number of benzene rings is 2. The van der Waals surface area contributed by atoms with Crippen LogP contribution in [0.3, 0.4) is 0 Å². The molecule has 12 nitrogen and oxygen atoms in total. The van der Waals surface area contributed by atoms with E-state index in [1.165, 1.54) is 6.07 Å². The number of aromatic carboxylic acids is 1. The number of nitrogens with zero attached hydrogens (tertiary/aromatic N) is 3. The van der Waals surface area contributed by atoms with Gasteiger partial charge in [-0.2, -0.15) is 8.42 Å². The van der Waals surface area contributed by atoms with Crippen LogP contribution in [0.5, 0.6) is 0 Å². The molecule has 314 valence electrons. The zero-order chi connectivity index (χ0) is 43.2. The summed E-state index contributed by atoms with van der Waals surface area (Å²) in [6, 6.07) is 6.93. The summed E-state index contributed by atoms with van der Waals surface area (Å²) in [7, 11) is -2.51. The number of anilines is 1. The average Bonchev–Trinajstić information content (AvgIpc) is 3.46. The molecule has 4 aliphatic rings. The van der Waals surface area contributed by atoms with E-state index in [9.17, 15) is 37.3 Å². The third-order valence-electron chi connectivity index (χ3n) is 11.6. The molecule has 6 rings (SSSR count). The Labute approximate surface area is 355 Å². The van der Waals surface area contributed by atoms with Gasteiger partial charge < -0.3 is 14.8 Å². The predicted molar refractivity (Wildman–Crippen MR) is 229 cm³/mol. The second-order valence-corrected chi connectivity index (χ2v) is 18.7. The third-order valence-corrected chi connectivity index (χ3v) is 12.9. The molecule has 2 amide bonds. The molecule has 15 heteroatoms. The van der Waals surface area contributed by atoms with Crippen LogP contribution in [0.15, 0.2) is 64.2 Å². The Morgan fingerprint density at radius 3 is 2.25 bits per heavy atom. The van der Waals surface area contributed by atoms with E-state index in [4.69, 9.17) is 33.0 Å². The van der Waals surface area contributed by atoms with Gasteiger partial charge in [-0.3, -0.25) is 19.1 Å². The second kappa shape index (κ2) is 16.8. The minimum Gasteiger partial charge on any atom is -0.478 e. The lowest BCUT2D eigenvalue weighted by Gasteiger charge is -2.45. The molecule has 2 aliphatic carbocycles. The average molecular weight is 867 g/mol. The van der Waals surface area contributed by atoms with Crippen molar-refractivity contribution in [2.75, 3.05) is 24.2 Å². The molecule has 0 bridgehead atoms. The molecular weight excluding hydrogens is 817 g/mol. The molecule has 0 radical (unpaired) electrons. The van der Waals surface area contributed by atoms with Gasteiger partial charge in [-0.1, -0.05) is 62.9 Å². The van der Waals surface area contributed by atoms with Crippen LogP contribution in [-0.2, 0) is 34.8 Å². The largest absolute Gasteiger partial charge is 0.478 e. The van der Waals surface area contributed by atoms with Gasteiger partial charge in [0.1, 0.15) is 5.75 Å².